The molecule has 0 radical (unpaired) electrons. The van der Waals surface area contributed by atoms with Gasteiger partial charge in [0.25, 0.3) is 5.91 Å². The number of nitrogens with zero attached hydrogens (tertiary/aromatic N) is 3. The lowest BCUT2D eigenvalue weighted by atomic mass is 10.0. The van der Waals surface area contributed by atoms with E-state index in [1.165, 1.54) is 0 Å². The second-order valence-electron chi connectivity index (χ2n) is 7.15. The summed E-state index contributed by atoms with van der Waals surface area (Å²) < 4.78 is 6.98. The number of thiophene rings is 1. The Kier molecular flexibility index (Phi) is 5.55. The molecule has 1 N–H and O–H groups in total. The first kappa shape index (κ1) is 20.1. The first-order valence-electron chi connectivity index (χ1n) is 9.84. The van der Waals surface area contributed by atoms with Crippen molar-refractivity contribution in [3.63, 3.8) is 0 Å². The van der Waals surface area contributed by atoms with E-state index in [0.717, 1.165) is 39.4 Å². The Bertz CT molecular complexity index is 1180. The number of benzene rings is 1. The van der Waals surface area contributed by atoms with Crippen LogP contribution in [0.3, 0.4) is 0 Å². The summed E-state index contributed by atoms with van der Waals surface area (Å²) in [6, 6.07) is 13.6. The predicted octanol–water partition coefficient (Wildman–Crippen LogP) is 4.89. The average Bonchev–Trinajstić information content (AvgIpc) is 3.40. The summed E-state index contributed by atoms with van der Waals surface area (Å²) in [5, 5.41) is 10.5. The molecule has 30 heavy (non-hydrogen) atoms. The number of rotatable bonds is 6. The minimum absolute atomic E-state index is 0.103. The highest BCUT2D eigenvalue weighted by Gasteiger charge is 2.22. The lowest BCUT2D eigenvalue weighted by Gasteiger charge is -2.18. The molecule has 0 aliphatic rings. The molecule has 0 aliphatic heterocycles. The summed E-state index contributed by atoms with van der Waals surface area (Å²) in [7, 11) is 3.50. The number of ether oxygens (including phenoxy) is 1. The lowest BCUT2D eigenvalue weighted by molar-refractivity contribution is 0.0937. The van der Waals surface area contributed by atoms with Crippen LogP contribution in [0.1, 0.15) is 41.0 Å². The SMILES string of the molecule is CC[C@@H](NC(=O)c1cc(-c2cccs2)nc2c1c(C)nn2C)c1ccc(OC)cc1. The first-order valence-corrected chi connectivity index (χ1v) is 10.7. The molecular formula is C23H24N4O2S. The predicted molar refractivity (Wildman–Crippen MR) is 120 cm³/mol. The molecule has 1 atom stereocenters. The van der Waals surface area contributed by atoms with Gasteiger partial charge in [-0.3, -0.25) is 9.48 Å². The van der Waals surface area contributed by atoms with Gasteiger partial charge >= 0.3 is 0 Å². The molecule has 0 bridgehead atoms. The first-order chi connectivity index (χ1) is 14.5. The Labute approximate surface area is 179 Å². The van der Waals surface area contributed by atoms with E-state index in [-0.39, 0.29) is 11.9 Å². The van der Waals surface area contributed by atoms with E-state index in [9.17, 15) is 4.79 Å². The lowest BCUT2D eigenvalue weighted by Crippen LogP contribution is -2.28. The van der Waals surface area contributed by atoms with Crippen molar-refractivity contribution < 1.29 is 9.53 Å². The third-order valence-electron chi connectivity index (χ3n) is 5.22. The van der Waals surface area contributed by atoms with Crippen molar-refractivity contribution in [2.24, 2.45) is 7.05 Å². The van der Waals surface area contributed by atoms with Gasteiger partial charge in [-0.2, -0.15) is 5.10 Å². The maximum Gasteiger partial charge on any atom is 0.252 e. The second kappa shape index (κ2) is 8.28. The molecule has 0 saturated carbocycles. The fourth-order valence-corrected chi connectivity index (χ4v) is 4.35. The maximum absolute atomic E-state index is 13.4. The van der Waals surface area contributed by atoms with Crippen LogP contribution in [-0.2, 0) is 7.05 Å². The van der Waals surface area contributed by atoms with E-state index in [0.29, 0.717) is 11.2 Å². The van der Waals surface area contributed by atoms with Crippen LogP contribution in [0.5, 0.6) is 5.75 Å². The van der Waals surface area contributed by atoms with Crippen molar-refractivity contribution in [3.05, 3.63) is 64.7 Å². The van der Waals surface area contributed by atoms with E-state index in [1.54, 1.807) is 23.1 Å². The van der Waals surface area contributed by atoms with Gasteiger partial charge < -0.3 is 10.1 Å². The molecule has 0 aliphatic carbocycles. The molecule has 1 aromatic carbocycles. The molecule has 0 saturated heterocycles. The Balaban J connectivity index is 1.74. The number of pyridine rings is 1. The number of methoxy groups -OCH3 is 1. The largest absolute Gasteiger partial charge is 0.497 e. The van der Waals surface area contributed by atoms with Gasteiger partial charge in [-0.25, -0.2) is 4.98 Å². The molecule has 1 amide bonds. The summed E-state index contributed by atoms with van der Waals surface area (Å²) in [5.74, 6) is 0.668. The summed E-state index contributed by atoms with van der Waals surface area (Å²) in [6.07, 6.45) is 0.774. The van der Waals surface area contributed by atoms with E-state index in [4.69, 9.17) is 9.72 Å². The maximum atomic E-state index is 13.4. The van der Waals surface area contributed by atoms with Gasteiger partial charge in [-0.1, -0.05) is 25.1 Å². The number of carbonyl (C=O) groups excluding carboxylic acids is 1. The van der Waals surface area contributed by atoms with Crippen molar-refractivity contribution >= 4 is 28.3 Å². The smallest absolute Gasteiger partial charge is 0.252 e. The monoisotopic (exact) mass is 420 g/mol. The standard InChI is InChI=1S/C23H24N4O2S/c1-5-18(15-8-10-16(29-4)11-9-15)25-23(28)17-13-19(20-7-6-12-30-20)24-22-21(17)14(2)26-27(22)3/h6-13,18H,5H2,1-4H3,(H,25,28)/t18-/m1/s1. The Morgan fingerprint density at radius 1 is 1.27 bits per heavy atom. The van der Waals surface area contributed by atoms with Gasteiger partial charge in [-0.15, -0.1) is 11.3 Å². The normalized spacial score (nSPS) is 12.1. The molecule has 3 aromatic heterocycles. The zero-order valence-corrected chi connectivity index (χ0v) is 18.3. The fraction of sp³-hybridized carbons (Fsp3) is 0.261. The highest BCUT2D eigenvalue weighted by molar-refractivity contribution is 7.13. The minimum atomic E-state index is -0.126. The van der Waals surface area contributed by atoms with E-state index in [1.807, 2.05) is 61.8 Å². The van der Waals surface area contributed by atoms with Gasteiger partial charge in [-0.05, 0) is 48.6 Å². The molecule has 4 rings (SSSR count). The number of amides is 1. The van der Waals surface area contributed by atoms with Gasteiger partial charge in [0.15, 0.2) is 5.65 Å². The third kappa shape index (κ3) is 3.68. The number of aryl methyl sites for hydroxylation is 2. The van der Waals surface area contributed by atoms with Crippen LogP contribution in [-0.4, -0.2) is 27.8 Å². The van der Waals surface area contributed by atoms with Crippen molar-refractivity contribution in [2.45, 2.75) is 26.3 Å². The Morgan fingerprint density at radius 2 is 2.03 bits per heavy atom. The van der Waals surface area contributed by atoms with Gasteiger partial charge in [0.2, 0.25) is 0 Å². The number of aromatic nitrogens is 3. The molecule has 0 unspecified atom stereocenters. The number of fused-ring (bicyclic) bond motifs is 1. The van der Waals surface area contributed by atoms with Crippen molar-refractivity contribution in [3.8, 4) is 16.3 Å². The van der Waals surface area contributed by atoms with Crippen LogP contribution in [0.25, 0.3) is 21.6 Å². The summed E-state index contributed by atoms with van der Waals surface area (Å²) in [6.45, 7) is 3.97. The highest BCUT2D eigenvalue weighted by atomic mass is 32.1. The number of carbonyl (C=O) groups is 1. The molecule has 6 nitrogen and oxygen atoms in total. The summed E-state index contributed by atoms with van der Waals surface area (Å²) in [4.78, 5) is 19.2. The minimum Gasteiger partial charge on any atom is -0.497 e. The zero-order valence-electron chi connectivity index (χ0n) is 17.5. The average molecular weight is 421 g/mol. The second-order valence-corrected chi connectivity index (χ2v) is 8.10. The van der Waals surface area contributed by atoms with Crippen LogP contribution in [0.4, 0.5) is 0 Å². The molecule has 154 valence electrons. The Hall–Kier alpha value is -3.19. The van der Waals surface area contributed by atoms with Crippen LogP contribution in [0.2, 0.25) is 0 Å². The molecule has 3 heterocycles. The van der Waals surface area contributed by atoms with Crippen molar-refractivity contribution in [2.75, 3.05) is 7.11 Å². The van der Waals surface area contributed by atoms with E-state index < -0.39 is 0 Å². The van der Waals surface area contributed by atoms with Gasteiger partial charge in [0.1, 0.15) is 5.75 Å². The Morgan fingerprint density at radius 3 is 2.67 bits per heavy atom. The van der Waals surface area contributed by atoms with Crippen molar-refractivity contribution in [1.29, 1.82) is 0 Å². The summed E-state index contributed by atoms with van der Waals surface area (Å²) >= 11 is 1.60. The van der Waals surface area contributed by atoms with Gasteiger partial charge in [0.05, 0.1) is 40.4 Å². The quantitative estimate of drug-likeness (QED) is 0.482. The molecule has 0 fully saturated rings. The van der Waals surface area contributed by atoms with Crippen LogP contribution < -0.4 is 10.1 Å². The molecule has 0 spiro atoms. The molecule has 4 aromatic rings. The van der Waals surface area contributed by atoms with Crippen LogP contribution in [0, 0.1) is 6.92 Å². The van der Waals surface area contributed by atoms with E-state index >= 15 is 0 Å². The molecule has 7 heteroatoms. The fourth-order valence-electron chi connectivity index (χ4n) is 3.67. The number of nitrogens with one attached hydrogen (secondary N) is 1. The number of hydrogen-bond donors (Lipinski definition) is 1. The van der Waals surface area contributed by atoms with Crippen LogP contribution >= 0.6 is 11.3 Å². The third-order valence-corrected chi connectivity index (χ3v) is 6.11. The van der Waals surface area contributed by atoms with Crippen LogP contribution in [0.15, 0.2) is 47.8 Å². The number of hydrogen-bond acceptors (Lipinski definition) is 5. The summed E-state index contributed by atoms with van der Waals surface area (Å²) in [5.41, 5.74) is 3.92. The topological polar surface area (TPSA) is 69.0 Å². The van der Waals surface area contributed by atoms with E-state index in [2.05, 4.69) is 17.3 Å². The van der Waals surface area contributed by atoms with Crippen molar-refractivity contribution in [1.82, 2.24) is 20.1 Å². The zero-order chi connectivity index (χ0) is 21.3. The highest BCUT2D eigenvalue weighted by Crippen LogP contribution is 2.30. The van der Waals surface area contributed by atoms with Gasteiger partial charge in [0, 0.05) is 7.05 Å². The molecular weight excluding hydrogens is 396 g/mol.